The predicted octanol–water partition coefficient (Wildman–Crippen LogP) is 1.95. The molecule has 0 amide bonds. The molecule has 0 saturated heterocycles. The van der Waals surface area contributed by atoms with Crippen molar-refractivity contribution in [2.45, 2.75) is 25.6 Å². The summed E-state index contributed by atoms with van der Waals surface area (Å²) in [5, 5.41) is 1.54. The summed E-state index contributed by atoms with van der Waals surface area (Å²) in [6.07, 6.45) is 1.16. The molecule has 0 radical (unpaired) electrons. The summed E-state index contributed by atoms with van der Waals surface area (Å²) in [5.41, 5.74) is 5.54. The third kappa shape index (κ3) is 2.97. The molecule has 1 aromatic rings. The fraction of sp³-hybridized carbons (Fsp3) is 0.455. The van der Waals surface area contributed by atoms with Crippen molar-refractivity contribution in [1.82, 2.24) is 0 Å². The van der Waals surface area contributed by atoms with E-state index in [1.54, 1.807) is 5.19 Å². The molecule has 1 rings (SSSR count). The van der Waals surface area contributed by atoms with Gasteiger partial charge in [-0.05, 0) is 13.0 Å². The van der Waals surface area contributed by atoms with Gasteiger partial charge in [-0.1, -0.05) is 54.7 Å². The minimum absolute atomic E-state index is 0.823. The Morgan fingerprint density at radius 2 is 1.77 bits per heavy atom. The van der Waals surface area contributed by atoms with E-state index < -0.39 is 8.07 Å². The van der Waals surface area contributed by atoms with Gasteiger partial charge in [0.1, 0.15) is 0 Å². The first-order chi connectivity index (χ1) is 6.17. The number of hydrogen-bond donors (Lipinski definition) is 1. The standard InChI is InChI=1S/C11H19NSi/c1-13(2,10-6-9-12)11-7-4-3-5-8-11/h3-5,7-8H,6,9-10,12H2,1-2H3. The number of nitrogens with two attached hydrogens (primary N) is 1. The van der Waals surface area contributed by atoms with E-state index in [4.69, 9.17) is 5.73 Å². The van der Waals surface area contributed by atoms with E-state index in [1.807, 2.05) is 0 Å². The highest BCUT2D eigenvalue weighted by Crippen LogP contribution is 2.11. The summed E-state index contributed by atoms with van der Waals surface area (Å²) < 4.78 is 0. The maximum atomic E-state index is 5.54. The minimum atomic E-state index is -1.18. The maximum absolute atomic E-state index is 5.54. The molecule has 72 valence electrons. The van der Waals surface area contributed by atoms with Crippen LogP contribution in [0.15, 0.2) is 30.3 Å². The van der Waals surface area contributed by atoms with Gasteiger partial charge in [0.15, 0.2) is 0 Å². The second kappa shape index (κ2) is 4.58. The third-order valence-electron chi connectivity index (χ3n) is 2.56. The zero-order chi connectivity index (χ0) is 9.73. The van der Waals surface area contributed by atoms with Crippen molar-refractivity contribution < 1.29 is 0 Å². The molecular formula is C11H19NSi. The lowest BCUT2D eigenvalue weighted by Gasteiger charge is -2.22. The molecule has 2 N–H and O–H groups in total. The highest BCUT2D eigenvalue weighted by Gasteiger charge is 2.21. The van der Waals surface area contributed by atoms with Crippen LogP contribution in [0.25, 0.3) is 0 Å². The fourth-order valence-corrected chi connectivity index (χ4v) is 4.05. The molecule has 0 aliphatic rings. The first-order valence-corrected chi connectivity index (χ1v) is 8.13. The summed E-state index contributed by atoms with van der Waals surface area (Å²) in [5.74, 6) is 0. The zero-order valence-corrected chi connectivity index (χ0v) is 9.59. The molecule has 1 aromatic carbocycles. The van der Waals surface area contributed by atoms with Gasteiger partial charge in [0.2, 0.25) is 0 Å². The van der Waals surface area contributed by atoms with Crippen LogP contribution in [0.3, 0.4) is 0 Å². The van der Waals surface area contributed by atoms with E-state index in [9.17, 15) is 0 Å². The highest BCUT2D eigenvalue weighted by atomic mass is 28.3. The van der Waals surface area contributed by atoms with Gasteiger partial charge in [-0.2, -0.15) is 0 Å². The van der Waals surface area contributed by atoms with Gasteiger partial charge in [0, 0.05) is 0 Å². The zero-order valence-electron chi connectivity index (χ0n) is 8.59. The Morgan fingerprint density at radius 1 is 1.15 bits per heavy atom. The van der Waals surface area contributed by atoms with Crippen LogP contribution in [-0.2, 0) is 0 Å². The summed E-state index contributed by atoms with van der Waals surface area (Å²) in [4.78, 5) is 0. The van der Waals surface area contributed by atoms with Crippen LogP contribution in [0.5, 0.6) is 0 Å². The summed E-state index contributed by atoms with van der Waals surface area (Å²) in [6, 6.07) is 12.1. The average Bonchev–Trinajstić information content (AvgIpc) is 2.16. The Balaban J connectivity index is 2.69. The summed E-state index contributed by atoms with van der Waals surface area (Å²) >= 11 is 0. The van der Waals surface area contributed by atoms with E-state index in [0.717, 1.165) is 13.0 Å². The Bertz CT molecular complexity index is 244. The highest BCUT2D eigenvalue weighted by molar-refractivity contribution is 6.89. The summed E-state index contributed by atoms with van der Waals surface area (Å²) in [7, 11) is -1.18. The van der Waals surface area contributed by atoms with E-state index in [-0.39, 0.29) is 0 Å². The van der Waals surface area contributed by atoms with Crippen LogP contribution >= 0.6 is 0 Å². The quantitative estimate of drug-likeness (QED) is 0.727. The Labute approximate surface area is 82.0 Å². The largest absolute Gasteiger partial charge is 0.330 e. The molecule has 13 heavy (non-hydrogen) atoms. The Hall–Kier alpha value is -0.603. The predicted molar refractivity (Wildman–Crippen MR) is 62.0 cm³/mol. The van der Waals surface area contributed by atoms with Gasteiger partial charge in [-0.3, -0.25) is 0 Å². The molecule has 0 atom stereocenters. The lowest BCUT2D eigenvalue weighted by atomic mass is 10.4. The van der Waals surface area contributed by atoms with E-state index in [0.29, 0.717) is 0 Å². The first kappa shape index (κ1) is 10.5. The Morgan fingerprint density at radius 3 is 2.31 bits per heavy atom. The van der Waals surface area contributed by atoms with Crippen molar-refractivity contribution in [2.24, 2.45) is 5.73 Å². The molecule has 1 nitrogen and oxygen atoms in total. The molecule has 0 bridgehead atoms. The van der Waals surface area contributed by atoms with Crippen LogP contribution in [0.1, 0.15) is 6.42 Å². The topological polar surface area (TPSA) is 26.0 Å². The molecule has 0 unspecified atom stereocenters. The molecule has 0 heterocycles. The van der Waals surface area contributed by atoms with Crippen molar-refractivity contribution in [3.8, 4) is 0 Å². The molecule has 0 aliphatic carbocycles. The van der Waals surface area contributed by atoms with Crippen LogP contribution in [0.2, 0.25) is 19.1 Å². The number of benzene rings is 1. The third-order valence-corrected chi connectivity index (χ3v) is 6.06. The van der Waals surface area contributed by atoms with Crippen molar-refractivity contribution in [1.29, 1.82) is 0 Å². The number of hydrogen-bond acceptors (Lipinski definition) is 1. The normalized spacial score (nSPS) is 11.6. The van der Waals surface area contributed by atoms with Crippen LogP contribution in [0, 0.1) is 0 Å². The van der Waals surface area contributed by atoms with Gasteiger partial charge < -0.3 is 5.73 Å². The van der Waals surface area contributed by atoms with E-state index in [2.05, 4.69) is 43.4 Å². The minimum Gasteiger partial charge on any atom is -0.330 e. The lowest BCUT2D eigenvalue weighted by Crippen LogP contribution is -2.41. The van der Waals surface area contributed by atoms with Gasteiger partial charge >= 0.3 is 0 Å². The van der Waals surface area contributed by atoms with Gasteiger partial charge in [-0.25, -0.2) is 0 Å². The van der Waals surface area contributed by atoms with Crippen LogP contribution in [-0.4, -0.2) is 14.6 Å². The summed E-state index contributed by atoms with van der Waals surface area (Å²) in [6.45, 7) is 5.65. The SMILES string of the molecule is C[Si](C)(CCCN)c1ccccc1. The van der Waals surface area contributed by atoms with Gasteiger partial charge in [0.05, 0.1) is 8.07 Å². The van der Waals surface area contributed by atoms with Gasteiger partial charge in [-0.15, -0.1) is 0 Å². The van der Waals surface area contributed by atoms with Crippen molar-refractivity contribution in [3.05, 3.63) is 30.3 Å². The lowest BCUT2D eigenvalue weighted by molar-refractivity contribution is 0.915. The van der Waals surface area contributed by atoms with Gasteiger partial charge in [0.25, 0.3) is 0 Å². The molecule has 0 aromatic heterocycles. The van der Waals surface area contributed by atoms with Crippen molar-refractivity contribution in [3.63, 3.8) is 0 Å². The molecule has 0 saturated carbocycles. The monoisotopic (exact) mass is 193 g/mol. The first-order valence-electron chi connectivity index (χ1n) is 4.92. The molecule has 0 spiro atoms. The smallest absolute Gasteiger partial charge is 0.0806 e. The van der Waals surface area contributed by atoms with Crippen molar-refractivity contribution in [2.75, 3.05) is 6.54 Å². The molecule has 0 aliphatic heterocycles. The fourth-order valence-electron chi connectivity index (χ4n) is 1.58. The second-order valence-corrected chi connectivity index (χ2v) is 8.99. The van der Waals surface area contributed by atoms with E-state index >= 15 is 0 Å². The Kier molecular flexibility index (Phi) is 3.69. The molecule has 2 heteroatoms. The van der Waals surface area contributed by atoms with Crippen LogP contribution in [0.4, 0.5) is 0 Å². The average molecular weight is 193 g/mol. The van der Waals surface area contributed by atoms with Crippen molar-refractivity contribution >= 4 is 13.3 Å². The second-order valence-electron chi connectivity index (χ2n) is 4.14. The number of rotatable bonds is 4. The maximum Gasteiger partial charge on any atom is 0.0806 e. The van der Waals surface area contributed by atoms with Crippen LogP contribution < -0.4 is 10.9 Å². The molecule has 0 fully saturated rings. The molecular weight excluding hydrogens is 174 g/mol. The van der Waals surface area contributed by atoms with E-state index in [1.165, 1.54) is 6.04 Å².